The molecule has 604 valence electrons. The summed E-state index contributed by atoms with van der Waals surface area (Å²) in [5.41, 5.74) is -3.46. The molecule has 0 aromatic carbocycles. The molecular formula is C80H118N2O26. The molecule has 11 unspecified atom stereocenters. The van der Waals surface area contributed by atoms with Crippen LogP contribution in [0.25, 0.3) is 0 Å². The first-order valence-corrected chi connectivity index (χ1v) is 36.7. The molecular weight excluding hydrogens is 1400 g/mol. The SMILES string of the molecule is C=C(C)C(=O)O.C=C(C)C(=O)OCC(=O)OC1C2CC3C1OC(=O)C3(C#N)C2.C=C(CO)C(=O)OC1CCCCC1.C=CCOC(=O)C(=C)C.C=CCOC(=O)C(C)(C)CC.CCC(C)(C)C(=O)O.CCC(C)(C)C(=O)OCC(=O)OC1C2CC3C1OC(=O)C3(C#N)C2.CCC(C)(CO)C(=O)OC1CCCCC1. The van der Waals surface area contributed by atoms with Gasteiger partial charge < -0.3 is 67.8 Å². The zero-order valence-corrected chi connectivity index (χ0v) is 65.8. The third-order valence-corrected chi connectivity index (χ3v) is 20.5. The van der Waals surface area contributed by atoms with Crippen LogP contribution in [0, 0.1) is 78.8 Å². The van der Waals surface area contributed by atoms with Crippen LogP contribution in [0.1, 0.15) is 213 Å². The van der Waals surface area contributed by atoms with Crippen LogP contribution in [-0.2, 0) is 105 Å². The predicted octanol–water partition coefficient (Wildman–Crippen LogP) is 11.1. The molecule has 28 nitrogen and oxygen atoms in total. The number of carbonyl (C=O) groups is 12. The van der Waals surface area contributed by atoms with E-state index in [1.165, 1.54) is 32.8 Å². The fourth-order valence-corrected chi connectivity index (χ4v) is 11.8. The van der Waals surface area contributed by atoms with Crippen molar-refractivity contribution in [3.05, 3.63) is 73.9 Å². The number of fused-ring (bicyclic) bond motifs is 2. The molecule has 28 heteroatoms. The lowest BCUT2D eigenvalue weighted by Crippen LogP contribution is -2.40. The van der Waals surface area contributed by atoms with Gasteiger partial charge in [-0.05, 0) is 172 Å². The van der Waals surface area contributed by atoms with Crippen molar-refractivity contribution in [1.82, 2.24) is 0 Å². The monoisotopic (exact) mass is 1520 g/mol. The van der Waals surface area contributed by atoms with E-state index in [1.807, 2.05) is 41.5 Å². The van der Waals surface area contributed by atoms with Crippen molar-refractivity contribution >= 4 is 71.6 Å². The maximum Gasteiger partial charge on any atom is 0.344 e. The average Bonchev–Trinajstić information content (AvgIpc) is 1.55. The Hall–Kier alpha value is -9.02. The van der Waals surface area contributed by atoms with E-state index < -0.39 is 118 Å². The van der Waals surface area contributed by atoms with Crippen molar-refractivity contribution in [2.24, 2.45) is 56.2 Å². The Bertz CT molecular complexity index is 3280. The number of carbonyl (C=O) groups excluding carboxylic acids is 10. The Morgan fingerprint density at radius 3 is 1.21 bits per heavy atom. The Morgan fingerprint density at radius 1 is 0.519 bits per heavy atom. The van der Waals surface area contributed by atoms with Crippen molar-refractivity contribution in [3.63, 3.8) is 0 Å². The van der Waals surface area contributed by atoms with Gasteiger partial charge in [0.15, 0.2) is 24.0 Å². The normalized spacial score (nSPS) is 23.9. The molecule has 0 spiro atoms. The molecule has 11 atom stereocenters. The number of ether oxygens (including phenoxy) is 10. The van der Waals surface area contributed by atoms with E-state index in [-0.39, 0.29) is 95.7 Å². The number of hydrogen-bond donors (Lipinski definition) is 4. The van der Waals surface area contributed by atoms with Gasteiger partial charge in [-0.15, -0.1) is 0 Å². The number of nitrogens with zero attached hydrogens (tertiary/aromatic N) is 2. The summed E-state index contributed by atoms with van der Waals surface area (Å²) in [5, 5.41) is 52.8. The molecule has 4 bridgehead atoms. The molecule has 6 aliphatic carbocycles. The molecule has 6 saturated carbocycles. The fraction of sp³-hybridized carbons (Fsp3) is 0.675. The number of esters is 10. The van der Waals surface area contributed by atoms with Gasteiger partial charge in [0, 0.05) is 40.4 Å². The molecule has 8 fully saturated rings. The number of aliphatic hydroxyl groups is 2. The summed E-state index contributed by atoms with van der Waals surface area (Å²) < 4.78 is 51.1. The molecule has 8 aliphatic rings. The van der Waals surface area contributed by atoms with Crippen LogP contribution in [0.5, 0.6) is 0 Å². The van der Waals surface area contributed by atoms with Crippen molar-refractivity contribution < 1.29 is 125 Å². The summed E-state index contributed by atoms with van der Waals surface area (Å²) >= 11 is 0. The summed E-state index contributed by atoms with van der Waals surface area (Å²) in [4.78, 5) is 135. The largest absolute Gasteiger partial charge is 0.481 e. The first-order chi connectivity index (χ1) is 50.4. The third-order valence-electron chi connectivity index (χ3n) is 20.5. The minimum absolute atomic E-state index is 0.0459. The smallest absolute Gasteiger partial charge is 0.344 e. The topological polar surface area (TPSA) is 426 Å². The maximum atomic E-state index is 12.0. The van der Waals surface area contributed by atoms with Gasteiger partial charge in [0.05, 0.1) is 52.6 Å². The van der Waals surface area contributed by atoms with E-state index in [0.717, 1.165) is 57.8 Å². The van der Waals surface area contributed by atoms with Gasteiger partial charge in [0.25, 0.3) is 0 Å². The summed E-state index contributed by atoms with van der Waals surface area (Å²) in [7, 11) is 0. The second-order valence-electron chi connectivity index (χ2n) is 30.2. The number of carboxylic acids is 2. The Kier molecular flexibility index (Phi) is 40.5. The van der Waals surface area contributed by atoms with E-state index >= 15 is 0 Å². The molecule has 8 rings (SSSR count). The molecule has 4 N–H and O–H groups in total. The van der Waals surface area contributed by atoms with Gasteiger partial charge in [0.1, 0.15) is 49.8 Å². The molecule has 108 heavy (non-hydrogen) atoms. The van der Waals surface area contributed by atoms with E-state index in [9.17, 15) is 73.2 Å². The van der Waals surface area contributed by atoms with Crippen molar-refractivity contribution in [2.75, 3.05) is 39.6 Å². The van der Waals surface area contributed by atoms with Gasteiger partial charge >= 0.3 is 71.6 Å². The second-order valence-corrected chi connectivity index (χ2v) is 30.2. The lowest BCUT2D eigenvalue weighted by Gasteiger charge is -2.28. The molecule has 0 amide bonds. The van der Waals surface area contributed by atoms with Gasteiger partial charge in [-0.3, -0.25) is 28.8 Å². The Morgan fingerprint density at radius 2 is 0.889 bits per heavy atom. The molecule has 0 radical (unpaired) electrons. The first-order valence-electron chi connectivity index (χ1n) is 36.7. The lowest BCUT2D eigenvalue weighted by molar-refractivity contribution is -0.172. The molecule has 2 saturated heterocycles. The maximum absolute atomic E-state index is 12.0. The van der Waals surface area contributed by atoms with E-state index in [4.69, 9.17) is 58.0 Å². The van der Waals surface area contributed by atoms with Crippen LogP contribution in [0.4, 0.5) is 0 Å². The zero-order valence-electron chi connectivity index (χ0n) is 65.8. The lowest BCUT2D eigenvalue weighted by atomic mass is 9.75. The molecule has 2 aliphatic heterocycles. The Balaban J connectivity index is 0.000000642. The van der Waals surface area contributed by atoms with Crippen LogP contribution in [0.3, 0.4) is 0 Å². The zero-order chi connectivity index (χ0) is 82.9. The second kappa shape index (κ2) is 45.1. The van der Waals surface area contributed by atoms with Crippen LogP contribution < -0.4 is 0 Å². The number of hydrogen-bond acceptors (Lipinski definition) is 26. The summed E-state index contributed by atoms with van der Waals surface area (Å²) in [6.07, 6.45) is 16.6. The van der Waals surface area contributed by atoms with Gasteiger partial charge in [-0.2, -0.15) is 10.5 Å². The highest BCUT2D eigenvalue weighted by Crippen LogP contribution is 2.63. The highest BCUT2D eigenvalue weighted by molar-refractivity contribution is 5.90. The van der Waals surface area contributed by atoms with Gasteiger partial charge in [0.2, 0.25) is 0 Å². The van der Waals surface area contributed by atoms with E-state index in [0.29, 0.717) is 57.1 Å². The predicted molar refractivity (Wildman–Crippen MR) is 392 cm³/mol. The van der Waals surface area contributed by atoms with Crippen molar-refractivity contribution in [2.45, 2.75) is 249 Å². The quantitative estimate of drug-likeness (QED) is 0.0270. The van der Waals surface area contributed by atoms with Gasteiger partial charge in [-0.25, -0.2) is 28.8 Å². The van der Waals surface area contributed by atoms with Crippen LogP contribution in [-0.4, -0.2) is 168 Å². The fourth-order valence-electron chi connectivity index (χ4n) is 11.8. The Labute approximate surface area is 635 Å². The highest BCUT2D eigenvalue weighted by atomic mass is 16.6. The molecule has 0 aromatic heterocycles. The van der Waals surface area contributed by atoms with E-state index in [2.05, 4.69) is 56.3 Å². The molecule has 2 heterocycles. The number of aliphatic hydroxyl groups excluding tert-OH is 2. The third kappa shape index (κ3) is 28.2. The standard InChI is InChI=1S/C17H21NO6.C15H15NO6.C12H22O3.C10H16O3.C9H16O2.C7H10O2.C6H12O2.C4H6O2/c1-4-16(2,3)14(20)22-7-11(19)23-12-9-5-10-13(12)24-15(21)17(10,6-9)8-18;1-7(2)13(18)20-5-10(17)21-11-8-3-9-12(11)22-14(19)15(9,4-8)6-16;1-3-12(2,9-13)11(14)15-10-7-5-4-6-8-10;1-8(7-11)10(12)13-9-5-3-2-4-6-9;1-5-7-11-8(10)9(3,4)6-2;1-4-5-9-7(8)6(2)3;1-4-6(2,3)5(7)8;1-3(2)4(5)6/h9-10,12-13H,4-7H2,1-3H3;8-9,11-12H,1,3-5H2,2H3;10,13H,3-9H2,1-2H3;9,11H,1-7H2;5H,1,6-7H2,2-4H3;4H,1-2,5H2,3H3;4H2,1-3H3,(H,7,8);1H2,2H3,(H,5,6). The molecule has 0 aromatic rings. The van der Waals surface area contributed by atoms with Crippen LogP contribution in [0.15, 0.2) is 73.9 Å². The van der Waals surface area contributed by atoms with Crippen molar-refractivity contribution in [1.29, 1.82) is 10.5 Å². The number of nitriles is 2. The summed E-state index contributed by atoms with van der Waals surface area (Å²) in [6, 6.07) is 4.18. The number of rotatable bonds is 26. The summed E-state index contributed by atoms with van der Waals surface area (Å²) in [6.45, 7) is 43.9. The van der Waals surface area contributed by atoms with Crippen molar-refractivity contribution in [3.8, 4) is 12.1 Å². The highest BCUT2D eigenvalue weighted by Gasteiger charge is 2.73. The number of carboxylic acid groups (broad SMARTS) is 2. The minimum Gasteiger partial charge on any atom is -0.481 e. The van der Waals surface area contributed by atoms with Crippen LogP contribution >= 0.6 is 0 Å². The first kappa shape index (κ1) is 97.0. The van der Waals surface area contributed by atoms with E-state index in [1.54, 1.807) is 47.6 Å². The van der Waals surface area contributed by atoms with Gasteiger partial charge in [-0.1, -0.05) is 92.2 Å². The average molecular weight is 1520 g/mol. The van der Waals surface area contributed by atoms with Crippen LogP contribution in [0.2, 0.25) is 0 Å². The number of aliphatic carboxylic acids is 2. The minimum atomic E-state index is -1.06. The summed E-state index contributed by atoms with van der Waals surface area (Å²) in [5.74, 6) is -6.90.